The van der Waals surface area contributed by atoms with Crippen molar-refractivity contribution >= 4 is 28.4 Å². The zero-order valence-corrected chi connectivity index (χ0v) is 17.3. The van der Waals surface area contributed by atoms with Gasteiger partial charge in [-0.1, -0.05) is 18.2 Å². The van der Waals surface area contributed by atoms with Crippen LogP contribution in [0.3, 0.4) is 0 Å². The van der Waals surface area contributed by atoms with Crippen LogP contribution in [0.1, 0.15) is 10.4 Å². The molecule has 0 aliphatic carbocycles. The number of hydrogen-bond donors (Lipinski definition) is 1. The molecule has 31 heavy (non-hydrogen) atoms. The monoisotopic (exact) mass is 419 g/mol. The molecule has 0 saturated carbocycles. The summed E-state index contributed by atoms with van der Waals surface area (Å²) in [5.74, 6) is 0.506. The number of benzene rings is 2. The number of rotatable bonds is 3. The van der Waals surface area contributed by atoms with Crippen molar-refractivity contribution in [2.24, 2.45) is 0 Å². The van der Waals surface area contributed by atoms with Crippen molar-refractivity contribution in [2.45, 2.75) is 0 Å². The molecule has 1 aromatic heterocycles. The molecular formula is C23H25N5O3. The van der Waals surface area contributed by atoms with E-state index in [0.29, 0.717) is 61.8 Å². The number of aromatic amines is 1. The predicted octanol–water partition coefficient (Wildman–Crippen LogP) is 1.72. The Morgan fingerprint density at radius 3 is 2.39 bits per heavy atom. The van der Waals surface area contributed by atoms with Crippen molar-refractivity contribution in [2.75, 3.05) is 62.3 Å². The fourth-order valence-electron chi connectivity index (χ4n) is 4.17. The molecule has 3 heterocycles. The number of fused-ring (bicyclic) bond motifs is 1. The molecule has 0 bridgehead atoms. The summed E-state index contributed by atoms with van der Waals surface area (Å²) in [6.07, 6.45) is 0. The predicted molar refractivity (Wildman–Crippen MR) is 120 cm³/mol. The molecule has 2 aromatic carbocycles. The van der Waals surface area contributed by atoms with Crippen LogP contribution >= 0.6 is 0 Å². The minimum absolute atomic E-state index is 0.0235. The molecule has 0 unspecified atom stereocenters. The van der Waals surface area contributed by atoms with Gasteiger partial charge < -0.3 is 19.4 Å². The lowest BCUT2D eigenvalue weighted by Crippen LogP contribution is -2.48. The first-order valence-corrected chi connectivity index (χ1v) is 10.6. The van der Waals surface area contributed by atoms with E-state index in [2.05, 4.69) is 27.0 Å². The van der Waals surface area contributed by atoms with E-state index in [9.17, 15) is 9.59 Å². The third kappa shape index (κ3) is 3.98. The molecule has 5 rings (SSSR count). The van der Waals surface area contributed by atoms with Crippen molar-refractivity contribution in [3.63, 3.8) is 0 Å². The highest BCUT2D eigenvalue weighted by Crippen LogP contribution is 2.19. The quantitative estimate of drug-likeness (QED) is 0.696. The molecule has 2 aliphatic rings. The first-order chi connectivity index (χ1) is 15.2. The third-order valence-electron chi connectivity index (χ3n) is 5.94. The topological polar surface area (TPSA) is 81.8 Å². The molecular weight excluding hydrogens is 394 g/mol. The number of para-hydroxylation sites is 1. The highest BCUT2D eigenvalue weighted by Gasteiger charge is 2.23. The molecule has 160 valence electrons. The fraction of sp³-hybridized carbons (Fsp3) is 0.348. The average molecular weight is 419 g/mol. The van der Waals surface area contributed by atoms with Crippen LogP contribution < -0.4 is 15.4 Å². The molecule has 0 spiro atoms. The first kappa shape index (κ1) is 19.6. The van der Waals surface area contributed by atoms with Crippen LogP contribution in [-0.4, -0.2) is 73.3 Å². The summed E-state index contributed by atoms with van der Waals surface area (Å²) in [6.45, 7) is 5.48. The van der Waals surface area contributed by atoms with Gasteiger partial charge in [-0.25, -0.2) is 4.98 Å². The number of hydrogen-bond acceptors (Lipinski definition) is 6. The molecule has 2 fully saturated rings. The van der Waals surface area contributed by atoms with E-state index in [1.54, 1.807) is 18.2 Å². The summed E-state index contributed by atoms with van der Waals surface area (Å²) < 4.78 is 5.38. The summed E-state index contributed by atoms with van der Waals surface area (Å²) in [5, 5.41) is 0.488. The van der Waals surface area contributed by atoms with Crippen LogP contribution in [0.15, 0.2) is 53.3 Å². The van der Waals surface area contributed by atoms with Gasteiger partial charge >= 0.3 is 0 Å². The lowest BCUT2D eigenvalue weighted by Gasteiger charge is -2.36. The van der Waals surface area contributed by atoms with Gasteiger partial charge in [0.1, 0.15) is 0 Å². The number of nitrogens with one attached hydrogen (secondary N) is 1. The fourth-order valence-corrected chi connectivity index (χ4v) is 4.17. The Bertz CT molecular complexity index is 1130. The number of piperazine rings is 1. The van der Waals surface area contributed by atoms with Crippen LogP contribution in [-0.2, 0) is 4.74 Å². The van der Waals surface area contributed by atoms with Crippen LogP contribution in [0.4, 0.5) is 11.6 Å². The van der Waals surface area contributed by atoms with Crippen molar-refractivity contribution in [3.05, 3.63) is 64.4 Å². The molecule has 3 aromatic rings. The van der Waals surface area contributed by atoms with E-state index >= 15 is 0 Å². The Morgan fingerprint density at radius 2 is 1.65 bits per heavy atom. The maximum atomic E-state index is 13.1. The number of carbonyl (C=O) groups excluding carboxylic acids is 1. The normalized spacial score (nSPS) is 17.2. The van der Waals surface area contributed by atoms with Gasteiger partial charge in [-0.2, -0.15) is 0 Å². The van der Waals surface area contributed by atoms with E-state index in [1.807, 2.05) is 28.0 Å². The smallest absolute Gasteiger partial charge is 0.260 e. The van der Waals surface area contributed by atoms with Crippen LogP contribution in [0, 0.1) is 0 Å². The second-order valence-electron chi connectivity index (χ2n) is 7.84. The molecule has 0 atom stereocenters. The Morgan fingerprint density at radius 1 is 0.903 bits per heavy atom. The maximum Gasteiger partial charge on any atom is 0.260 e. The molecule has 2 saturated heterocycles. The van der Waals surface area contributed by atoms with Crippen LogP contribution in [0.25, 0.3) is 10.9 Å². The summed E-state index contributed by atoms with van der Waals surface area (Å²) in [7, 11) is 0. The van der Waals surface area contributed by atoms with E-state index in [-0.39, 0.29) is 11.5 Å². The van der Waals surface area contributed by atoms with E-state index in [4.69, 9.17) is 4.74 Å². The van der Waals surface area contributed by atoms with Gasteiger partial charge in [0.25, 0.3) is 11.5 Å². The second kappa shape index (κ2) is 8.39. The number of morpholine rings is 1. The number of H-pyrrole nitrogens is 1. The standard InChI is InChI=1S/C23H25N5O3/c29-21-19-7-6-17(16-20(19)24-23(25-21)28-12-14-31-15-13-28)22(30)27-10-8-26(9-11-27)18-4-2-1-3-5-18/h1-7,16H,8-15H2,(H,24,25,29). The Balaban J connectivity index is 1.35. The Hall–Kier alpha value is -3.39. The summed E-state index contributed by atoms with van der Waals surface area (Å²) in [6, 6.07) is 15.4. The molecule has 0 radical (unpaired) electrons. The van der Waals surface area contributed by atoms with E-state index < -0.39 is 0 Å². The van der Waals surface area contributed by atoms with Gasteiger partial charge in [-0.05, 0) is 30.3 Å². The van der Waals surface area contributed by atoms with Gasteiger partial charge in [-0.3, -0.25) is 14.6 Å². The number of nitrogens with zero attached hydrogens (tertiary/aromatic N) is 4. The summed E-state index contributed by atoms with van der Waals surface area (Å²) in [5.41, 5.74) is 2.09. The number of carbonyl (C=O) groups is 1. The van der Waals surface area contributed by atoms with Gasteiger partial charge in [0.05, 0.1) is 24.1 Å². The first-order valence-electron chi connectivity index (χ1n) is 10.6. The highest BCUT2D eigenvalue weighted by molar-refractivity contribution is 5.98. The zero-order chi connectivity index (χ0) is 21.2. The zero-order valence-electron chi connectivity index (χ0n) is 17.3. The van der Waals surface area contributed by atoms with Gasteiger partial charge in [0, 0.05) is 50.5 Å². The van der Waals surface area contributed by atoms with Crippen molar-refractivity contribution in [3.8, 4) is 0 Å². The summed E-state index contributed by atoms with van der Waals surface area (Å²) >= 11 is 0. The molecule has 8 heteroatoms. The molecule has 2 aliphatic heterocycles. The number of aromatic nitrogens is 2. The van der Waals surface area contributed by atoms with Crippen molar-refractivity contribution < 1.29 is 9.53 Å². The lowest BCUT2D eigenvalue weighted by molar-refractivity contribution is 0.0747. The minimum Gasteiger partial charge on any atom is -0.378 e. The van der Waals surface area contributed by atoms with Crippen LogP contribution in [0.2, 0.25) is 0 Å². The number of amides is 1. The summed E-state index contributed by atoms with van der Waals surface area (Å²) in [4.78, 5) is 39.3. The number of anilines is 2. The van der Waals surface area contributed by atoms with Gasteiger partial charge in [0.15, 0.2) is 0 Å². The highest BCUT2D eigenvalue weighted by atomic mass is 16.5. The lowest BCUT2D eigenvalue weighted by atomic mass is 10.1. The van der Waals surface area contributed by atoms with Crippen molar-refractivity contribution in [1.82, 2.24) is 14.9 Å². The SMILES string of the molecule is O=C(c1ccc2c(=O)[nH]c(N3CCOCC3)nc2c1)N1CCN(c2ccccc2)CC1. The van der Waals surface area contributed by atoms with Crippen molar-refractivity contribution in [1.29, 1.82) is 0 Å². The van der Waals surface area contributed by atoms with Gasteiger partial charge in [0.2, 0.25) is 5.95 Å². The van der Waals surface area contributed by atoms with E-state index in [1.165, 1.54) is 5.69 Å². The molecule has 1 N–H and O–H groups in total. The molecule has 8 nitrogen and oxygen atoms in total. The average Bonchev–Trinajstić information content (AvgIpc) is 2.84. The van der Waals surface area contributed by atoms with Gasteiger partial charge in [-0.15, -0.1) is 0 Å². The number of ether oxygens (including phenoxy) is 1. The van der Waals surface area contributed by atoms with E-state index in [0.717, 1.165) is 13.1 Å². The van der Waals surface area contributed by atoms with Crippen LogP contribution in [0.5, 0.6) is 0 Å². The second-order valence-corrected chi connectivity index (χ2v) is 7.84. The Kier molecular flexibility index (Phi) is 5.30. The molecule has 1 amide bonds. The maximum absolute atomic E-state index is 13.1. The third-order valence-corrected chi connectivity index (χ3v) is 5.94. The Labute approximate surface area is 180 Å². The largest absolute Gasteiger partial charge is 0.378 e. The minimum atomic E-state index is -0.193.